The van der Waals surface area contributed by atoms with Gasteiger partial charge < -0.3 is 9.47 Å². The van der Waals surface area contributed by atoms with Gasteiger partial charge in [-0.05, 0) is 24.1 Å². The van der Waals surface area contributed by atoms with Crippen LogP contribution in [-0.2, 0) is 12.2 Å². The number of aromatic nitrogens is 1. The van der Waals surface area contributed by atoms with Gasteiger partial charge in [0.25, 0.3) is 5.91 Å². The van der Waals surface area contributed by atoms with Crippen LogP contribution in [0.1, 0.15) is 21.6 Å². The van der Waals surface area contributed by atoms with E-state index in [-0.39, 0.29) is 5.91 Å². The molecule has 4 nitrogen and oxygen atoms in total. The van der Waals surface area contributed by atoms with Crippen LogP contribution < -0.4 is 5.32 Å². The predicted molar refractivity (Wildman–Crippen MR) is 76.3 cm³/mol. The van der Waals surface area contributed by atoms with Crippen LogP contribution in [0, 0.1) is 6.92 Å². The maximum atomic E-state index is 12.8. The first-order valence-corrected chi connectivity index (χ1v) is 7.00. The summed E-state index contributed by atoms with van der Waals surface area (Å²) in [5, 5.41) is 3.55. The summed E-state index contributed by atoms with van der Waals surface area (Å²) in [4.78, 5) is 14.7. The molecular formula is C16H17N3O. The standard InChI is InChI=1S/C16H17N3O/c1-12-9-14-15(20)19-8-7-17-16(19,11-18(14)10-12)13-5-3-2-4-6-13/h2-6,9-10,17H,7-8,11H2,1H3. The van der Waals surface area contributed by atoms with E-state index in [4.69, 9.17) is 0 Å². The molecule has 1 N–H and O–H groups in total. The molecule has 1 atom stereocenters. The van der Waals surface area contributed by atoms with Gasteiger partial charge in [-0.15, -0.1) is 0 Å². The first-order chi connectivity index (χ1) is 9.71. The third-order valence-electron chi connectivity index (χ3n) is 4.36. The molecule has 4 rings (SSSR count). The van der Waals surface area contributed by atoms with Crippen LogP contribution in [0.5, 0.6) is 0 Å². The van der Waals surface area contributed by atoms with Gasteiger partial charge in [-0.3, -0.25) is 10.1 Å². The molecule has 102 valence electrons. The summed E-state index contributed by atoms with van der Waals surface area (Å²) in [7, 11) is 0. The maximum Gasteiger partial charge on any atom is 0.272 e. The fraction of sp³-hybridized carbons (Fsp3) is 0.312. The number of nitrogens with one attached hydrogen (secondary N) is 1. The second kappa shape index (κ2) is 3.96. The molecule has 1 amide bonds. The molecule has 4 heteroatoms. The molecule has 0 saturated carbocycles. The Morgan fingerprint density at radius 3 is 2.85 bits per heavy atom. The van der Waals surface area contributed by atoms with Crippen molar-refractivity contribution in [2.24, 2.45) is 0 Å². The quantitative estimate of drug-likeness (QED) is 0.854. The summed E-state index contributed by atoms with van der Waals surface area (Å²) >= 11 is 0. The molecule has 1 fully saturated rings. The molecule has 1 aromatic carbocycles. The number of hydrogen-bond donors (Lipinski definition) is 1. The highest BCUT2D eigenvalue weighted by Gasteiger charge is 2.49. The monoisotopic (exact) mass is 267 g/mol. The summed E-state index contributed by atoms with van der Waals surface area (Å²) in [5.41, 5.74) is 2.70. The first-order valence-electron chi connectivity index (χ1n) is 7.00. The Hall–Kier alpha value is -2.07. The molecule has 0 radical (unpaired) electrons. The van der Waals surface area contributed by atoms with Gasteiger partial charge in [0, 0.05) is 19.3 Å². The number of nitrogens with zero attached hydrogens (tertiary/aromatic N) is 2. The molecule has 1 saturated heterocycles. The van der Waals surface area contributed by atoms with Crippen molar-refractivity contribution in [3.8, 4) is 0 Å². The molecule has 2 aliphatic rings. The number of benzene rings is 1. The number of hydrogen-bond acceptors (Lipinski definition) is 2. The second-order valence-electron chi connectivity index (χ2n) is 5.64. The summed E-state index contributed by atoms with van der Waals surface area (Å²) in [6.07, 6.45) is 2.06. The van der Waals surface area contributed by atoms with Crippen LogP contribution in [0.15, 0.2) is 42.6 Å². The maximum absolute atomic E-state index is 12.8. The zero-order valence-electron chi connectivity index (χ0n) is 11.5. The van der Waals surface area contributed by atoms with E-state index in [2.05, 4.69) is 28.2 Å². The Morgan fingerprint density at radius 1 is 1.25 bits per heavy atom. The lowest BCUT2D eigenvalue weighted by Gasteiger charge is -2.42. The Balaban J connectivity index is 1.89. The highest BCUT2D eigenvalue weighted by Crippen LogP contribution is 2.36. The Kier molecular flexibility index (Phi) is 2.32. The lowest BCUT2D eigenvalue weighted by Crippen LogP contribution is -2.57. The minimum atomic E-state index is -0.392. The van der Waals surface area contributed by atoms with Crippen LogP contribution in [0.2, 0.25) is 0 Å². The number of amides is 1. The summed E-state index contributed by atoms with van der Waals surface area (Å²) in [6.45, 7) is 4.40. The van der Waals surface area contributed by atoms with Crippen LogP contribution in [0.25, 0.3) is 0 Å². The molecule has 3 heterocycles. The largest absolute Gasteiger partial charge is 0.339 e. The minimum absolute atomic E-state index is 0.123. The van der Waals surface area contributed by atoms with E-state index < -0.39 is 5.66 Å². The van der Waals surface area contributed by atoms with Gasteiger partial charge in [-0.2, -0.15) is 0 Å². The van der Waals surface area contributed by atoms with Crippen molar-refractivity contribution in [2.45, 2.75) is 19.1 Å². The average Bonchev–Trinajstić information content (AvgIpc) is 3.04. The van der Waals surface area contributed by atoms with Gasteiger partial charge >= 0.3 is 0 Å². The van der Waals surface area contributed by atoms with Crippen LogP contribution in [-0.4, -0.2) is 28.5 Å². The van der Waals surface area contributed by atoms with Gasteiger partial charge in [0.05, 0.1) is 6.54 Å². The van der Waals surface area contributed by atoms with Crippen LogP contribution in [0.3, 0.4) is 0 Å². The van der Waals surface area contributed by atoms with Gasteiger partial charge in [0.2, 0.25) is 0 Å². The molecule has 0 aliphatic carbocycles. The van der Waals surface area contributed by atoms with E-state index in [0.717, 1.165) is 36.5 Å². The lowest BCUT2D eigenvalue weighted by atomic mass is 9.96. The Morgan fingerprint density at radius 2 is 2.05 bits per heavy atom. The number of fused-ring (bicyclic) bond motifs is 2. The minimum Gasteiger partial charge on any atom is -0.339 e. The smallest absolute Gasteiger partial charge is 0.272 e. The number of aryl methyl sites for hydroxylation is 1. The van der Waals surface area contributed by atoms with Crippen molar-refractivity contribution in [1.82, 2.24) is 14.8 Å². The lowest BCUT2D eigenvalue weighted by molar-refractivity contribution is 0.0398. The summed E-state index contributed by atoms with van der Waals surface area (Å²) in [5.74, 6) is 0.123. The van der Waals surface area contributed by atoms with Crippen molar-refractivity contribution in [3.05, 3.63) is 59.4 Å². The molecule has 1 aromatic heterocycles. The van der Waals surface area contributed by atoms with Gasteiger partial charge in [-0.1, -0.05) is 30.3 Å². The van der Waals surface area contributed by atoms with E-state index in [1.54, 1.807) is 0 Å². The van der Waals surface area contributed by atoms with E-state index in [0.29, 0.717) is 0 Å². The summed E-state index contributed by atoms with van der Waals surface area (Å²) in [6, 6.07) is 12.2. The summed E-state index contributed by atoms with van der Waals surface area (Å²) < 4.78 is 2.08. The SMILES string of the molecule is Cc1cc2n(c1)CC1(c3ccccc3)NCCN1C2=O. The number of rotatable bonds is 1. The zero-order chi connectivity index (χ0) is 13.7. The molecule has 2 aliphatic heterocycles. The van der Waals surface area contributed by atoms with Gasteiger partial charge in [-0.25, -0.2) is 0 Å². The van der Waals surface area contributed by atoms with E-state index >= 15 is 0 Å². The fourth-order valence-corrected chi connectivity index (χ4v) is 3.49. The molecule has 0 bridgehead atoms. The van der Waals surface area contributed by atoms with Crippen molar-refractivity contribution in [1.29, 1.82) is 0 Å². The van der Waals surface area contributed by atoms with E-state index in [1.807, 2.05) is 36.1 Å². The highest BCUT2D eigenvalue weighted by atomic mass is 16.2. The first kappa shape index (κ1) is 11.7. The van der Waals surface area contributed by atoms with Gasteiger partial charge in [0.15, 0.2) is 0 Å². The van der Waals surface area contributed by atoms with Crippen LogP contribution >= 0.6 is 0 Å². The third-order valence-corrected chi connectivity index (χ3v) is 4.36. The van der Waals surface area contributed by atoms with Gasteiger partial charge in [0.1, 0.15) is 11.4 Å². The number of carbonyl (C=O) groups excluding carboxylic acids is 1. The second-order valence-corrected chi connectivity index (χ2v) is 5.64. The normalized spacial score (nSPS) is 24.6. The van der Waals surface area contributed by atoms with Crippen molar-refractivity contribution in [3.63, 3.8) is 0 Å². The zero-order valence-corrected chi connectivity index (χ0v) is 11.5. The Bertz CT molecular complexity index is 676. The predicted octanol–water partition coefficient (Wildman–Crippen LogP) is 1.71. The third kappa shape index (κ3) is 1.42. The molecular weight excluding hydrogens is 250 g/mol. The van der Waals surface area contributed by atoms with Crippen molar-refractivity contribution in [2.75, 3.05) is 13.1 Å². The fourth-order valence-electron chi connectivity index (χ4n) is 3.49. The molecule has 20 heavy (non-hydrogen) atoms. The van der Waals surface area contributed by atoms with Crippen molar-refractivity contribution >= 4 is 5.91 Å². The topological polar surface area (TPSA) is 37.3 Å². The molecule has 2 aromatic rings. The molecule has 1 unspecified atom stereocenters. The average molecular weight is 267 g/mol. The Labute approximate surface area is 118 Å². The van der Waals surface area contributed by atoms with Crippen molar-refractivity contribution < 1.29 is 4.79 Å². The van der Waals surface area contributed by atoms with E-state index in [9.17, 15) is 4.79 Å². The molecule has 0 spiro atoms. The van der Waals surface area contributed by atoms with E-state index in [1.165, 1.54) is 0 Å². The highest BCUT2D eigenvalue weighted by molar-refractivity contribution is 5.94. The van der Waals surface area contributed by atoms with Crippen LogP contribution in [0.4, 0.5) is 0 Å². The number of carbonyl (C=O) groups is 1.